The molecule has 4 heteroatoms. The summed E-state index contributed by atoms with van der Waals surface area (Å²) < 4.78 is 7.54. The lowest BCUT2D eigenvalue weighted by atomic mass is 10.1. The maximum Gasteiger partial charge on any atom is 0.179 e. The second kappa shape index (κ2) is 13.0. The molecule has 0 saturated carbocycles. The Hall–Kier alpha value is -6.98. The zero-order valence-electron chi connectivity index (χ0n) is 31.6. The Morgan fingerprint density at radius 1 is 0.276 bits per heavy atom. The van der Waals surface area contributed by atoms with Gasteiger partial charge in [-0.1, -0.05) is 158 Å². The Morgan fingerprint density at radius 2 is 0.672 bits per heavy atom. The summed E-state index contributed by atoms with van der Waals surface area (Å²) in [5.74, 6) is 0. The van der Waals surface area contributed by atoms with E-state index in [9.17, 15) is 0 Å². The van der Waals surface area contributed by atoms with Gasteiger partial charge in [-0.15, -0.1) is 11.3 Å². The number of hydrogen-bond acceptors (Lipinski definition) is 1. The number of para-hydroxylation sites is 3. The summed E-state index contributed by atoms with van der Waals surface area (Å²) in [4.78, 5) is 0. The van der Waals surface area contributed by atoms with Crippen molar-refractivity contribution in [2.75, 3.05) is 0 Å². The van der Waals surface area contributed by atoms with Gasteiger partial charge in [-0.3, -0.25) is 0 Å². The van der Waals surface area contributed by atoms with Crippen LogP contribution in [0.25, 0.3) is 75.2 Å². The van der Waals surface area contributed by atoms with Gasteiger partial charge < -0.3 is 9.13 Å². The SMILES string of the molecule is c1ccc([Si](c2ccccc2)(c2ccc(-n3c4ccccc4c4ccccc43)cc2)c2ccc(-n3c4ccccc4c4cc5sc6ccccc6c5cc43)cc2)cc1. The molecular weight excluding hydrogens is 737 g/mol. The molecule has 12 aromatic rings. The molecular formula is C54H36N2SSi. The summed E-state index contributed by atoms with van der Waals surface area (Å²) in [6.07, 6.45) is 0. The quantitative estimate of drug-likeness (QED) is 0.118. The molecule has 12 rings (SSSR count). The van der Waals surface area contributed by atoms with E-state index in [-0.39, 0.29) is 0 Å². The topological polar surface area (TPSA) is 9.86 Å². The number of fused-ring (bicyclic) bond motifs is 9. The Labute approximate surface area is 341 Å². The van der Waals surface area contributed by atoms with E-state index < -0.39 is 8.07 Å². The summed E-state index contributed by atoms with van der Waals surface area (Å²) in [5, 5.41) is 13.2. The lowest BCUT2D eigenvalue weighted by Gasteiger charge is -2.34. The van der Waals surface area contributed by atoms with Crippen LogP contribution >= 0.6 is 11.3 Å². The molecule has 0 saturated heterocycles. The lowest BCUT2D eigenvalue weighted by Crippen LogP contribution is -2.74. The van der Waals surface area contributed by atoms with E-state index in [1.54, 1.807) is 0 Å². The third-order valence-electron chi connectivity index (χ3n) is 12.3. The van der Waals surface area contributed by atoms with Crippen LogP contribution in [0.5, 0.6) is 0 Å². The van der Waals surface area contributed by atoms with Gasteiger partial charge in [0.1, 0.15) is 0 Å². The standard InChI is InChI=1S/C54H36N2SSi/c1-3-15-39(16-4-1)58(40-17-5-2-6-18-40,41-31-27-37(28-32-41)55-49-23-11-7-19-43(49)44-20-8-12-24-50(44)55)42-33-29-38(30-34-42)56-51-25-13-9-21-45(51)47-36-54-48(35-52(47)56)46-22-10-14-26-53(46)57-54/h1-36H. The number of aromatic nitrogens is 2. The van der Waals surface area contributed by atoms with Crippen LogP contribution < -0.4 is 20.7 Å². The van der Waals surface area contributed by atoms with Crippen molar-refractivity contribution >= 4 is 104 Å². The van der Waals surface area contributed by atoms with Crippen molar-refractivity contribution in [3.05, 3.63) is 218 Å². The van der Waals surface area contributed by atoms with Crippen molar-refractivity contribution in [2.45, 2.75) is 0 Å². The Balaban J connectivity index is 1.07. The Morgan fingerprint density at radius 3 is 1.19 bits per heavy atom. The van der Waals surface area contributed by atoms with Gasteiger partial charge in [0, 0.05) is 53.1 Å². The fraction of sp³-hybridized carbons (Fsp3) is 0. The van der Waals surface area contributed by atoms with Gasteiger partial charge in [-0.25, -0.2) is 0 Å². The van der Waals surface area contributed by atoms with E-state index in [1.807, 2.05) is 11.3 Å². The fourth-order valence-corrected chi connectivity index (χ4v) is 15.6. The summed E-state index contributed by atoms with van der Waals surface area (Å²) in [5.41, 5.74) is 7.24. The van der Waals surface area contributed by atoms with Crippen molar-refractivity contribution < 1.29 is 0 Å². The summed E-state index contributed by atoms with van der Waals surface area (Å²) in [6, 6.07) is 81.5. The minimum Gasteiger partial charge on any atom is -0.309 e. The number of nitrogens with zero attached hydrogens (tertiary/aromatic N) is 2. The highest BCUT2D eigenvalue weighted by molar-refractivity contribution is 7.26. The van der Waals surface area contributed by atoms with Crippen LogP contribution in [-0.4, -0.2) is 17.2 Å². The van der Waals surface area contributed by atoms with Gasteiger partial charge in [-0.05, 0) is 81.4 Å². The van der Waals surface area contributed by atoms with Crippen LogP contribution in [0.2, 0.25) is 0 Å². The van der Waals surface area contributed by atoms with E-state index in [2.05, 4.69) is 228 Å². The van der Waals surface area contributed by atoms with Gasteiger partial charge in [0.25, 0.3) is 0 Å². The lowest BCUT2D eigenvalue weighted by molar-refractivity contribution is 1.18. The highest BCUT2D eigenvalue weighted by Gasteiger charge is 2.41. The first-order valence-electron chi connectivity index (χ1n) is 19.9. The fourth-order valence-electron chi connectivity index (χ4n) is 9.76. The predicted octanol–water partition coefficient (Wildman–Crippen LogP) is 11.6. The molecule has 0 radical (unpaired) electrons. The zero-order chi connectivity index (χ0) is 38.2. The van der Waals surface area contributed by atoms with E-state index in [4.69, 9.17) is 0 Å². The van der Waals surface area contributed by atoms with Crippen molar-refractivity contribution in [3.63, 3.8) is 0 Å². The summed E-state index contributed by atoms with van der Waals surface area (Å²) in [6.45, 7) is 0. The van der Waals surface area contributed by atoms with E-state index in [0.29, 0.717) is 0 Å². The van der Waals surface area contributed by atoms with Gasteiger partial charge in [0.15, 0.2) is 8.07 Å². The number of benzene rings is 9. The maximum atomic E-state index is 2.47. The third kappa shape index (κ3) is 4.83. The Kier molecular flexibility index (Phi) is 7.46. The number of rotatable bonds is 6. The average Bonchev–Trinajstić information content (AvgIpc) is 3.94. The van der Waals surface area contributed by atoms with E-state index >= 15 is 0 Å². The molecule has 0 fully saturated rings. The summed E-state index contributed by atoms with van der Waals surface area (Å²) >= 11 is 1.88. The molecule has 3 heterocycles. The van der Waals surface area contributed by atoms with Gasteiger partial charge in [0.2, 0.25) is 0 Å². The predicted molar refractivity (Wildman–Crippen MR) is 252 cm³/mol. The van der Waals surface area contributed by atoms with Crippen molar-refractivity contribution in [1.29, 1.82) is 0 Å². The van der Waals surface area contributed by atoms with Crippen LogP contribution in [0.1, 0.15) is 0 Å². The molecule has 0 bridgehead atoms. The molecule has 0 atom stereocenters. The van der Waals surface area contributed by atoms with Crippen LogP contribution in [-0.2, 0) is 0 Å². The molecule has 58 heavy (non-hydrogen) atoms. The van der Waals surface area contributed by atoms with Gasteiger partial charge >= 0.3 is 0 Å². The highest BCUT2D eigenvalue weighted by Crippen LogP contribution is 2.40. The molecule has 0 aliphatic carbocycles. The maximum absolute atomic E-state index is 2.81. The first-order valence-corrected chi connectivity index (χ1v) is 22.7. The smallest absolute Gasteiger partial charge is 0.179 e. The molecule has 2 nitrogen and oxygen atoms in total. The third-order valence-corrected chi connectivity index (χ3v) is 18.2. The minimum atomic E-state index is -2.81. The van der Waals surface area contributed by atoms with Crippen molar-refractivity contribution in [3.8, 4) is 11.4 Å². The van der Waals surface area contributed by atoms with Gasteiger partial charge in [-0.2, -0.15) is 0 Å². The number of thiophene rings is 1. The normalized spacial score (nSPS) is 12.1. The molecule has 0 spiro atoms. The summed E-state index contributed by atoms with van der Waals surface area (Å²) in [7, 11) is -2.81. The first kappa shape index (κ1) is 33.2. The molecule has 272 valence electrons. The van der Waals surface area contributed by atoms with Gasteiger partial charge in [0.05, 0.1) is 22.1 Å². The second-order valence-corrected chi connectivity index (χ2v) is 20.2. The largest absolute Gasteiger partial charge is 0.309 e. The first-order chi connectivity index (χ1) is 28.8. The molecule has 0 unspecified atom stereocenters. The van der Waals surface area contributed by atoms with E-state index in [0.717, 1.165) is 0 Å². The van der Waals surface area contributed by atoms with Crippen LogP contribution in [0.4, 0.5) is 0 Å². The van der Waals surface area contributed by atoms with Crippen LogP contribution in [0.15, 0.2) is 218 Å². The zero-order valence-corrected chi connectivity index (χ0v) is 33.4. The molecule has 9 aromatic carbocycles. The number of hydrogen-bond donors (Lipinski definition) is 0. The average molecular weight is 773 g/mol. The minimum absolute atomic E-state index is 1.17. The molecule has 0 aliphatic rings. The Bertz CT molecular complexity index is 3390. The molecule has 0 amide bonds. The molecule has 0 N–H and O–H groups in total. The van der Waals surface area contributed by atoms with Crippen LogP contribution in [0.3, 0.4) is 0 Å². The monoisotopic (exact) mass is 772 g/mol. The molecule has 3 aromatic heterocycles. The van der Waals surface area contributed by atoms with Crippen molar-refractivity contribution in [2.24, 2.45) is 0 Å². The molecule has 0 aliphatic heterocycles. The second-order valence-electron chi connectivity index (χ2n) is 15.3. The van der Waals surface area contributed by atoms with Crippen LogP contribution in [0, 0.1) is 0 Å². The van der Waals surface area contributed by atoms with E-state index in [1.165, 1.54) is 95.9 Å². The van der Waals surface area contributed by atoms with Crippen molar-refractivity contribution in [1.82, 2.24) is 9.13 Å². The highest BCUT2D eigenvalue weighted by atomic mass is 32.1.